The fourth-order valence-electron chi connectivity index (χ4n) is 2.34. The molecule has 0 saturated heterocycles. The van der Waals surface area contributed by atoms with E-state index in [-0.39, 0.29) is 6.04 Å². The Bertz CT molecular complexity index is 650. The number of aromatic carboxylic acids is 1. The lowest BCUT2D eigenvalue weighted by Crippen LogP contribution is -2.19. The van der Waals surface area contributed by atoms with E-state index in [1.807, 2.05) is 24.3 Å². The SMILES string of the molecule is COc1ccc(C)cc1C(C)NCc1ccc(C(=O)O)cc1. The van der Waals surface area contributed by atoms with Crippen molar-refractivity contribution in [3.63, 3.8) is 0 Å². The van der Waals surface area contributed by atoms with E-state index in [9.17, 15) is 4.79 Å². The van der Waals surface area contributed by atoms with E-state index < -0.39 is 5.97 Å². The zero-order valence-electron chi connectivity index (χ0n) is 13.1. The maximum Gasteiger partial charge on any atom is 0.335 e. The monoisotopic (exact) mass is 299 g/mol. The largest absolute Gasteiger partial charge is 0.496 e. The number of hydrogen-bond acceptors (Lipinski definition) is 3. The molecule has 4 nitrogen and oxygen atoms in total. The Hall–Kier alpha value is -2.33. The molecule has 0 aromatic heterocycles. The molecule has 22 heavy (non-hydrogen) atoms. The molecule has 1 atom stereocenters. The molecule has 0 fully saturated rings. The normalized spacial score (nSPS) is 12.0. The zero-order valence-corrected chi connectivity index (χ0v) is 13.1. The first kappa shape index (κ1) is 16.0. The summed E-state index contributed by atoms with van der Waals surface area (Å²) < 4.78 is 5.41. The summed E-state index contributed by atoms with van der Waals surface area (Å²) in [4.78, 5) is 10.8. The molecule has 0 radical (unpaired) electrons. The van der Waals surface area contributed by atoms with E-state index in [1.54, 1.807) is 19.2 Å². The fraction of sp³-hybridized carbons (Fsp3) is 0.278. The molecule has 2 N–H and O–H groups in total. The molecule has 0 aliphatic heterocycles. The van der Waals surface area contributed by atoms with Crippen molar-refractivity contribution in [1.82, 2.24) is 5.32 Å². The van der Waals surface area contributed by atoms with Crippen LogP contribution in [0.2, 0.25) is 0 Å². The highest BCUT2D eigenvalue weighted by Gasteiger charge is 2.11. The molecule has 0 aliphatic rings. The molecular formula is C18H21NO3. The minimum absolute atomic E-state index is 0.133. The van der Waals surface area contributed by atoms with Gasteiger partial charge < -0.3 is 15.2 Å². The second-order valence-corrected chi connectivity index (χ2v) is 5.35. The predicted octanol–water partition coefficient (Wildman–Crippen LogP) is 3.55. The third-order valence-corrected chi connectivity index (χ3v) is 3.66. The number of nitrogens with one attached hydrogen (secondary N) is 1. The van der Waals surface area contributed by atoms with Gasteiger partial charge in [-0.2, -0.15) is 0 Å². The number of ether oxygens (including phenoxy) is 1. The molecule has 2 aromatic carbocycles. The Morgan fingerprint density at radius 3 is 2.50 bits per heavy atom. The lowest BCUT2D eigenvalue weighted by Gasteiger charge is -2.18. The molecule has 0 amide bonds. The van der Waals surface area contributed by atoms with Crippen LogP contribution in [0.4, 0.5) is 0 Å². The van der Waals surface area contributed by atoms with Crippen LogP contribution in [0.15, 0.2) is 42.5 Å². The summed E-state index contributed by atoms with van der Waals surface area (Å²) in [6.45, 7) is 4.81. The smallest absolute Gasteiger partial charge is 0.335 e. The molecule has 0 saturated carbocycles. The lowest BCUT2D eigenvalue weighted by atomic mass is 10.0. The van der Waals surface area contributed by atoms with Crippen LogP contribution in [-0.2, 0) is 6.54 Å². The number of carboxylic acid groups (broad SMARTS) is 1. The Kier molecular flexibility index (Phi) is 5.17. The Labute approximate surface area is 130 Å². The van der Waals surface area contributed by atoms with Crippen LogP contribution in [0.5, 0.6) is 5.75 Å². The van der Waals surface area contributed by atoms with E-state index in [0.29, 0.717) is 12.1 Å². The van der Waals surface area contributed by atoms with Crippen molar-refractivity contribution < 1.29 is 14.6 Å². The van der Waals surface area contributed by atoms with Gasteiger partial charge in [-0.1, -0.05) is 29.8 Å². The first-order valence-electron chi connectivity index (χ1n) is 7.21. The summed E-state index contributed by atoms with van der Waals surface area (Å²) in [5.41, 5.74) is 3.65. The van der Waals surface area contributed by atoms with Gasteiger partial charge in [0, 0.05) is 18.2 Å². The average Bonchev–Trinajstić information content (AvgIpc) is 2.53. The summed E-state index contributed by atoms with van der Waals surface area (Å²) in [6, 6.07) is 13.2. The van der Waals surface area contributed by atoms with E-state index in [4.69, 9.17) is 9.84 Å². The third-order valence-electron chi connectivity index (χ3n) is 3.66. The van der Waals surface area contributed by atoms with E-state index in [2.05, 4.69) is 25.2 Å². The van der Waals surface area contributed by atoms with E-state index in [0.717, 1.165) is 16.9 Å². The van der Waals surface area contributed by atoms with Gasteiger partial charge in [0.05, 0.1) is 12.7 Å². The highest BCUT2D eigenvalue weighted by Crippen LogP contribution is 2.26. The van der Waals surface area contributed by atoms with Crippen molar-refractivity contribution in [2.45, 2.75) is 26.4 Å². The van der Waals surface area contributed by atoms with Crippen molar-refractivity contribution in [2.24, 2.45) is 0 Å². The van der Waals surface area contributed by atoms with Crippen LogP contribution in [0.1, 0.15) is 40.0 Å². The molecular weight excluding hydrogens is 278 g/mol. The summed E-state index contributed by atoms with van der Waals surface area (Å²) >= 11 is 0. The number of aryl methyl sites for hydroxylation is 1. The van der Waals surface area contributed by atoms with Crippen molar-refractivity contribution in [1.29, 1.82) is 0 Å². The van der Waals surface area contributed by atoms with E-state index >= 15 is 0 Å². The molecule has 0 aliphatic carbocycles. The predicted molar refractivity (Wildman–Crippen MR) is 86.4 cm³/mol. The van der Waals surface area contributed by atoms with Crippen molar-refractivity contribution in [2.75, 3.05) is 7.11 Å². The molecule has 116 valence electrons. The Morgan fingerprint density at radius 2 is 1.91 bits per heavy atom. The van der Waals surface area contributed by atoms with Crippen LogP contribution >= 0.6 is 0 Å². The van der Waals surface area contributed by atoms with Gasteiger partial charge in [-0.05, 0) is 37.6 Å². The van der Waals surface area contributed by atoms with Gasteiger partial charge in [-0.3, -0.25) is 0 Å². The molecule has 2 rings (SSSR count). The summed E-state index contributed by atoms with van der Waals surface area (Å²) in [5, 5.41) is 12.3. The summed E-state index contributed by atoms with van der Waals surface area (Å²) in [5.74, 6) is -0.0378. The first-order chi connectivity index (χ1) is 10.5. The molecule has 2 aromatic rings. The summed E-state index contributed by atoms with van der Waals surface area (Å²) in [7, 11) is 1.67. The van der Waals surface area contributed by atoms with Gasteiger partial charge >= 0.3 is 5.97 Å². The number of benzene rings is 2. The second-order valence-electron chi connectivity index (χ2n) is 5.35. The molecule has 0 bridgehead atoms. The van der Waals surface area contributed by atoms with Gasteiger partial charge in [0.1, 0.15) is 5.75 Å². The number of carboxylic acids is 1. The number of rotatable bonds is 6. The Morgan fingerprint density at radius 1 is 1.23 bits per heavy atom. The zero-order chi connectivity index (χ0) is 16.1. The van der Waals surface area contributed by atoms with Crippen LogP contribution in [-0.4, -0.2) is 18.2 Å². The molecule has 0 heterocycles. The number of methoxy groups -OCH3 is 1. The number of carbonyl (C=O) groups is 1. The maximum absolute atomic E-state index is 10.8. The highest BCUT2D eigenvalue weighted by molar-refractivity contribution is 5.87. The van der Waals surface area contributed by atoms with Gasteiger partial charge in [0.25, 0.3) is 0 Å². The third kappa shape index (κ3) is 3.86. The molecule has 4 heteroatoms. The van der Waals surface area contributed by atoms with E-state index in [1.165, 1.54) is 5.56 Å². The van der Waals surface area contributed by atoms with Crippen molar-refractivity contribution in [3.8, 4) is 5.75 Å². The molecule has 1 unspecified atom stereocenters. The van der Waals surface area contributed by atoms with Crippen LogP contribution in [0.25, 0.3) is 0 Å². The van der Waals surface area contributed by atoms with Crippen LogP contribution in [0, 0.1) is 6.92 Å². The van der Waals surface area contributed by atoms with Gasteiger partial charge in [0.2, 0.25) is 0 Å². The first-order valence-corrected chi connectivity index (χ1v) is 7.21. The second kappa shape index (κ2) is 7.09. The van der Waals surface area contributed by atoms with Crippen LogP contribution < -0.4 is 10.1 Å². The summed E-state index contributed by atoms with van der Waals surface area (Å²) in [6.07, 6.45) is 0. The minimum Gasteiger partial charge on any atom is -0.496 e. The van der Waals surface area contributed by atoms with Gasteiger partial charge in [0.15, 0.2) is 0 Å². The fourth-order valence-corrected chi connectivity index (χ4v) is 2.34. The highest BCUT2D eigenvalue weighted by atomic mass is 16.5. The maximum atomic E-state index is 10.8. The Balaban J connectivity index is 2.05. The van der Waals surface area contributed by atoms with Crippen molar-refractivity contribution in [3.05, 3.63) is 64.7 Å². The van der Waals surface area contributed by atoms with Gasteiger partial charge in [-0.25, -0.2) is 4.79 Å². The lowest BCUT2D eigenvalue weighted by molar-refractivity contribution is 0.0697. The average molecular weight is 299 g/mol. The van der Waals surface area contributed by atoms with Crippen LogP contribution in [0.3, 0.4) is 0 Å². The van der Waals surface area contributed by atoms with Crippen molar-refractivity contribution >= 4 is 5.97 Å². The standard InChI is InChI=1S/C18H21NO3/c1-12-4-9-17(22-3)16(10-12)13(2)19-11-14-5-7-15(8-6-14)18(20)21/h4-10,13,19H,11H2,1-3H3,(H,20,21). The number of hydrogen-bond donors (Lipinski definition) is 2. The topological polar surface area (TPSA) is 58.6 Å². The quantitative estimate of drug-likeness (QED) is 0.856. The molecule has 0 spiro atoms. The minimum atomic E-state index is -0.905. The van der Waals surface area contributed by atoms with Gasteiger partial charge in [-0.15, -0.1) is 0 Å².